The number of amides is 1. The first-order valence-corrected chi connectivity index (χ1v) is 14.0. The molecule has 1 N–H and O–H groups in total. The molecule has 0 aliphatic rings. The summed E-state index contributed by atoms with van der Waals surface area (Å²) in [7, 11) is -3.70. The highest BCUT2D eigenvalue weighted by Crippen LogP contribution is 2.18. The van der Waals surface area contributed by atoms with Gasteiger partial charge in [0.1, 0.15) is 0 Å². The van der Waals surface area contributed by atoms with Crippen molar-refractivity contribution in [2.24, 2.45) is 0 Å². The lowest BCUT2D eigenvalue weighted by Crippen LogP contribution is -2.35. The molecule has 192 valence electrons. The van der Waals surface area contributed by atoms with Crippen LogP contribution in [0.2, 0.25) is 5.02 Å². The van der Waals surface area contributed by atoms with E-state index >= 15 is 0 Å². The smallest absolute Gasteiger partial charge is 0.252 e. The number of carbonyl (C=O) groups is 2. The van der Waals surface area contributed by atoms with Crippen LogP contribution in [0.25, 0.3) is 0 Å². The number of benzene rings is 4. The minimum atomic E-state index is -3.70. The maximum atomic E-state index is 13.4. The molecule has 0 unspecified atom stereocenters. The monoisotopic (exact) mass is 543 g/mol. The predicted molar refractivity (Wildman–Crippen MR) is 150 cm³/mol. The van der Waals surface area contributed by atoms with Crippen molar-refractivity contribution in [3.05, 3.63) is 148 Å². The van der Waals surface area contributed by atoms with E-state index in [4.69, 9.17) is 11.6 Å². The molecule has 0 aromatic heterocycles. The summed E-state index contributed by atoms with van der Waals surface area (Å²) in [5.74, 6) is -0.779. The lowest BCUT2D eigenvalue weighted by molar-refractivity contribution is 0.0932. The maximum absolute atomic E-state index is 13.4. The van der Waals surface area contributed by atoms with Gasteiger partial charge in [-0.2, -0.15) is 0 Å². The summed E-state index contributed by atoms with van der Waals surface area (Å²) in [4.78, 5) is 26.8. The van der Waals surface area contributed by atoms with Crippen molar-refractivity contribution in [3.8, 4) is 0 Å². The molecule has 0 aliphatic heterocycles. The van der Waals surface area contributed by atoms with Gasteiger partial charge >= 0.3 is 0 Å². The van der Waals surface area contributed by atoms with Crippen LogP contribution in [0.4, 0.5) is 0 Å². The molecule has 1 amide bonds. The third-order valence-electron chi connectivity index (χ3n) is 5.99. The molecule has 5 nitrogen and oxygen atoms in total. The number of sulfone groups is 1. The molecular weight excluding hydrogens is 518 g/mol. The van der Waals surface area contributed by atoms with E-state index in [1.54, 1.807) is 66.7 Å². The van der Waals surface area contributed by atoms with Crippen LogP contribution in [0.1, 0.15) is 38.3 Å². The second-order valence-corrected chi connectivity index (χ2v) is 10.9. The largest absolute Gasteiger partial charge is 0.346 e. The number of ketones is 1. The third kappa shape index (κ3) is 7.06. The zero-order valence-electron chi connectivity index (χ0n) is 20.5. The fourth-order valence-electron chi connectivity index (χ4n) is 3.95. The molecule has 1 atom stereocenters. The van der Waals surface area contributed by atoms with Gasteiger partial charge in [-0.15, -0.1) is 0 Å². The molecule has 0 spiro atoms. The van der Waals surface area contributed by atoms with Crippen LogP contribution < -0.4 is 5.32 Å². The third-order valence-corrected chi connectivity index (χ3v) is 7.68. The molecule has 0 saturated carbocycles. The minimum Gasteiger partial charge on any atom is -0.346 e. The summed E-state index contributed by atoms with van der Waals surface area (Å²) in [6, 6.07) is 30.3. The van der Waals surface area contributed by atoms with Crippen LogP contribution in [0.15, 0.2) is 126 Å². The topological polar surface area (TPSA) is 80.3 Å². The number of rotatable bonds is 10. The molecule has 0 aliphatic carbocycles. The molecule has 7 heteroatoms. The number of halogens is 1. The van der Waals surface area contributed by atoms with Gasteiger partial charge in [0, 0.05) is 27.6 Å². The summed E-state index contributed by atoms with van der Waals surface area (Å²) >= 11 is 5.95. The van der Waals surface area contributed by atoms with Gasteiger partial charge in [-0.1, -0.05) is 84.4 Å². The summed E-state index contributed by atoms with van der Waals surface area (Å²) in [6.07, 6.45) is 2.57. The van der Waals surface area contributed by atoms with E-state index in [0.29, 0.717) is 23.4 Å². The maximum Gasteiger partial charge on any atom is 0.252 e. The highest BCUT2D eigenvalue weighted by atomic mass is 35.5. The van der Waals surface area contributed by atoms with Crippen molar-refractivity contribution in [1.82, 2.24) is 5.32 Å². The molecule has 0 radical (unpaired) electrons. The molecule has 0 bridgehead atoms. The average molecular weight is 544 g/mol. The molecule has 4 rings (SSSR count). The Morgan fingerprint density at radius 2 is 1.34 bits per heavy atom. The van der Waals surface area contributed by atoms with Crippen molar-refractivity contribution in [2.45, 2.75) is 23.8 Å². The Labute approximate surface area is 227 Å². The molecule has 38 heavy (non-hydrogen) atoms. The van der Waals surface area contributed by atoms with E-state index < -0.39 is 21.8 Å². The van der Waals surface area contributed by atoms with Crippen LogP contribution in [0, 0.1) is 0 Å². The number of nitrogens with one attached hydrogen (secondary N) is 1. The molecular formula is C31H26ClNO4S. The van der Waals surface area contributed by atoms with E-state index in [-0.39, 0.29) is 21.8 Å². The van der Waals surface area contributed by atoms with Crippen LogP contribution in [0.3, 0.4) is 0 Å². The highest BCUT2D eigenvalue weighted by Gasteiger charge is 2.20. The Balaban J connectivity index is 1.59. The van der Waals surface area contributed by atoms with Crippen molar-refractivity contribution in [1.29, 1.82) is 0 Å². The van der Waals surface area contributed by atoms with Gasteiger partial charge in [-0.05, 0) is 60.9 Å². The van der Waals surface area contributed by atoms with Gasteiger partial charge in [-0.3, -0.25) is 9.59 Å². The Hall–Kier alpha value is -4.00. The van der Waals surface area contributed by atoms with E-state index in [1.807, 2.05) is 30.3 Å². The van der Waals surface area contributed by atoms with Gasteiger partial charge in [0.15, 0.2) is 15.6 Å². The molecule has 4 aromatic rings. The summed E-state index contributed by atoms with van der Waals surface area (Å²) in [5, 5.41) is 4.55. The fraction of sp³-hybridized carbons (Fsp3) is 0.0968. The van der Waals surface area contributed by atoms with E-state index in [1.165, 1.54) is 18.2 Å². The van der Waals surface area contributed by atoms with E-state index in [0.717, 1.165) is 11.0 Å². The quantitative estimate of drug-likeness (QED) is 0.238. The minimum absolute atomic E-state index is 0.170. The Morgan fingerprint density at radius 1 is 0.763 bits per heavy atom. The van der Waals surface area contributed by atoms with Gasteiger partial charge < -0.3 is 5.32 Å². The zero-order chi connectivity index (χ0) is 27.0. The lowest BCUT2D eigenvalue weighted by atomic mass is 9.97. The van der Waals surface area contributed by atoms with Crippen LogP contribution in [-0.4, -0.2) is 26.2 Å². The molecule has 4 aromatic carbocycles. The Bertz CT molecular complexity index is 1530. The summed E-state index contributed by atoms with van der Waals surface area (Å²) in [6.45, 7) is 0. The Kier molecular flexibility index (Phi) is 8.89. The second kappa shape index (κ2) is 12.5. The summed E-state index contributed by atoms with van der Waals surface area (Å²) < 4.78 is 25.7. The van der Waals surface area contributed by atoms with Gasteiger partial charge in [0.05, 0.1) is 10.5 Å². The molecule has 0 saturated heterocycles. The fourth-order valence-corrected chi connectivity index (χ4v) is 5.17. The highest BCUT2D eigenvalue weighted by molar-refractivity contribution is 7.94. The van der Waals surface area contributed by atoms with E-state index in [9.17, 15) is 18.0 Å². The van der Waals surface area contributed by atoms with Crippen molar-refractivity contribution < 1.29 is 18.0 Å². The van der Waals surface area contributed by atoms with Crippen LogP contribution in [0.5, 0.6) is 0 Å². The van der Waals surface area contributed by atoms with Crippen LogP contribution >= 0.6 is 11.6 Å². The standard InChI is InChI=1S/C31H26ClNO4S/c32-25-18-16-24(17-19-25)30(34)28-13-7-8-14-29(28)31(35)33-26(20-15-23-9-3-1-4-10-23)21-22-38(36,37)27-11-5-2-6-12-27/h1-14,16-19,21-22,26H,15,20H2,(H,33,35)/b22-21+/t26-/m0/s1. The molecule has 0 heterocycles. The molecule has 0 fully saturated rings. The Morgan fingerprint density at radius 3 is 2.00 bits per heavy atom. The first-order chi connectivity index (χ1) is 18.3. The first kappa shape index (κ1) is 27.0. The lowest BCUT2D eigenvalue weighted by Gasteiger charge is -2.17. The van der Waals surface area contributed by atoms with Gasteiger partial charge in [-0.25, -0.2) is 8.42 Å². The predicted octanol–water partition coefficient (Wildman–Crippen LogP) is 6.29. The van der Waals surface area contributed by atoms with Crippen molar-refractivity contribution >= 4 is 33.1 Å². The number of hydrogen-bond acceptors (Lipinski definition) is 4. The van der Waals surface area contributed by atoms with E-state index in [2.05, 4.69) is 5.32 Å². The number of carbonyl (C=O) groups excluding carboxylic acids is 2. The van der Waals surface area contributed by atoms with Crippen LogP contribution in [-0.2, 0) is 16.3 Å². The number of hydrogen-bond donors (Lipinski definition) is 1. The van der Waals surface area contributed by atoms with Crippen molar-refractivity contribution in [2.75, 3.05) is 0 Å². The SMILES string of the molecule is O=C(N[C@H](/C=C/S(=O)(=O)c1ccccc1)CCc1ccccc1)c1ccccc1C(=O)c1ccc(Cl)cc1. The zero-order valence-corrected chi connectivity index (χ0v) is 22.0. The average Bonchev–Trinajstić information content (AvgIpc) is 2.95. The van der Waals surface area contributed by atoms with Crippen molar-refractivity contribution in [3.63, 3.8) is 0 Å². The normalized spacial score (nSPS) is 12.2. The first-order valence-electron chi connectivity index (χ1n) is 12.1. The van der Waals surface area contributed by atoms with Gasteiger partial charge in [0.2, 0.25) is 0 Å². The summed E-state index contributed by atoms with van der Waals surface area (Å²) in [5.41, 5.74) is 1.92. The van der Waals surface area contributed by atoms with Gasteiger partial charge in [0.25, 0.3) is 5.91 Å². The second-order valence-electron chi connectivity index (χ2n) is 8.67. The number of aryl methyl sites for hydroxylation is 1.